The second-order valence-electron chi connectivity index (χ2n) is 10.6. The van der Waals surface area contributed by atoms with E-state index in [1.165, 1.54) is 48.5 Å². The summed E-state index contributed by atoms with van der Waals surface area (Å²) in [5.74, 6) is -3.11. The van der Waals surface area contributed by atoms with E-state index in [9.17, 15) is 28.9 Å². The molecular weight excluding hydrogens is 537 g/mol. The van der Waals surface area contributed by atoms with Gasteiger partial charge in [-0.2, -0.15) is 0 Å². The monoisotopic (exact) mass is 559 g/mol. The van der Waals surface area contributed by atoms with Gasteiger partial charge in [-0.15, -0.1) is 0 Å². The first-order valence-electron chi connectivity index (χ1n) is 13.4. The summed E-state index contributed by atoms with van der Waals surface area (Å²) in [7, 11) is 0. The van der Waals surface area contributed by atoms with Crippen molar-refractivity contribution in [1.82, 2.24) is 4.90 Å². The summed E-state index contributed by atoms with van der Waals surface area (Å²) in [5, 5.41) is 14.3. The average molecular weight is 560 g/mol. The van der Waals surface area contributed by atoms with Crippen molar-refractivity contribution in [2.24, 2.45) is 5.92 Å². The van der Waals surface area contributed by atoms with E-state index in [2.05, 4.69) is 5.32 Å². The minimum Gasteiger partial charge on any atom is -0.358 e. The van der Waals surface area contributed by atoms with Crippen LogP contribution in [0.15, 0.2) is 103 Å². The number of ketones is 2. The Balaban J connectivity index is 1.51. The molecule has 1 spiro atoms. The van der Waals surface area contributed by atoms with Gasteiger partial charge in [0.15, 0.2) is 11.6 Å². The standard InChI is InChI=1S/C33H22FN3O5/c34-22-13-9-21(10-14-22)30(39)28-27(29(38)20-11-15-23(16-12-20)37(41)42)33(25-7-3-4-8-26(25)35-32(33)40)31-24-6-2-1-5-19(24)17-18-36(28)31/h1-18,27-28,31H,(H,35,40)/t27-,28+,31+,33-/m1/s1. The normalized spacial score (nSPS) is 23.2. The van der Waals surface area contributed by atoms with E-state index in [1.807, 2.05) is 30.3 Å². The highest BCUT2D eigenvalue weighted by molar-refractivity contribution is 6.16. The number of amides is 1. The molecule has 8 nitrogen and oxygen atoms in total. The molecule has 4 aromatic rings. The van der Waals surface area contributed by atoms with E-state index < -0.39 is 51.6 Å². The van der Waals surface area contributed by atoms with Gasteiger partial charge in [0.1, 0.15) is 17.3 Å². The van der Waals surface area contributed by atoms with Crippen molar-refractivity contribution >= 4 is 34.9 Å². The molecule has 7 rings (SSSR count). The van der Waals surface area contributed by atoms with Crippen LogP contribution in [0.3, 0.4) is 0 Å². The predicted molar refractivity (Wildman–Crippen MR) is 152 cm³/mol. The first-order valence-corrected chi connectivity index (χ1v) is 13.4. The first kappa shape index (κ1) is 25.5. The molecule has 0 unspecified atom stereocenters. The maximum atomic E-state index is 14.7. The molecule has 0 saturated carbocycles. The summed E-state index contributed by atoms with van der Waals surface area (Å²) in [6.45, 7) is 0. The number of nitro groups is 1. The average Bonchev–Trinajstić information content (AvgIpc) is 3.49. The Kier molecular flexibility index (Phi) is 5.65. The molecule has 3 aliphatic rings. The number of para-hydroxylation sites is 1. The van der Waals surface area contributed by atoms with Crippen LogP contribution < -0.4 is 5.32 Å². The summed E-state index contributed by atoms with van der Waals surface area (Å²) in [4.78, 5) is 56.0. The third-order valence-electron chi connectivity index (χ3n) is 8.61. The highest BCUT2D eigenvalue weighted by Gasteiger charge is 2.70. The SMILES string of the molecule is O=C(c1ccc(F)cc1)[C@@H]1[C@H](C(=O)c2ccc([N+](=O)[O-])cc2)[C@@]2(C(=O)Nc3ccccc32)[C@@H]2c3ccccc3C=CN12. The molecule has 0 bridgehead atoms. The van der Waals surface area contributed by atoms with Crippen LogP contribution in [-0.2, 0) is 10.2 Å². The lowest BCUT2D eigenvalue weighted by Crippen LogP contribution is -2.49. The summed E-state index contributed by atoms with van der Waals surface area (Å²) in [6, 6.07) is 23.1. The summed E-state index contributed by atoms with van der Waals surface area (Å²) in [5.41, 5.74) is 1.38. The van der Waals surface area contributed by atoms with Gasteiger partial charge in [-0.05, 0) is 65.2 Å². The van der Waals surface area contributed by atoms with Gasteiger partial charge in [0.25, 0.3) is 5.69 Å². The van der Waals surface area contributed by atoms with E-state index in [1.54, 1.807) is 35.4 Å². The van der Waals surface area contributed by atoms with Crippen LogP contribution in [-0.4, -0.2) is 33.3 Å². The Labute approximate surface area is 239 Å². The Morgan fingerprint density at radius 3 is 2.24 bits per heavy atom. The number of hydrogen-bond donors (Lipinski definition) is 1. The molecule has 0 radical (unpaired) electrons. The number of fused-ring (bicyclic) bond motifs is 6. The lowest BCUT2D eigenvalue weighted by Gasteiger charge is -2.38. The molecule has 4 aromatic carbocycles. The Morgan fingerprint density at radius 2 is 1.50 bits per heavy atom. The zero-order valence-electron chi connectivity index (χ0n) is 21.9. The van der Waals surface area contributed by atoms with Crippen molar-refractivity contribution in [3.63, 3.8) is 0 Å². The van der Waals surface area contributed by atoms with Gasteiger partial charge in [-0.3, -0.25) is 24.5 Å². The fourth-order valence-electron chi connectivity index (χ4n) is 6.88. The van der Waals surface area contributed by atoms with Crippen LogP contribution >= 0.6 is 0 Å². The lowest BCUT2D eigenvalue weighted by molar-refractivity contribution is -0.384. The number of rotatable bonds is 5. The van der Waals surface area contributed by atoms with E-state index >= 15 is 0 Å². The highest BCUT2D eigenvalue weighted by Crippen LogP contribution is 2.62. The number of nitrogens with zero attached hydrogens (tertiary/aromatic N) is 2. The number of Topliss-reactive ketones (excluding diaryl/α,β-unsaturated/α-hetero) is 2. The van der Waals surface area contributed by atoms with E-state index in [0.29, 0.717) is 11.3 Å². The predicted octanol–water partition coefficient (Wildman–Crippen LogP) is 5.72. The number of carbonyl (C=O) groups is 3. The first-order chi connectivity index (χ1) is 20.3. The molecule has 3 heterocycles. The van der Waals surface area contributed by atoms with Gasteiger partial charge in [0.2, 0.25) is 5.91 Å². The quantitative estimate of drug-likeness (QED) is 0.190. The fraction of sp³-hybridized carbons (Fsp3) is 0.121. The number of non-ortho nitro benzene ring substituents is 1. The van der Waals surface area contributed by atoms with Gasteiger partial charge in [0, 0.05) is 35.1 Å². The number of carbonyl (C=O) groups excluding carboxylic acids is 3. The molecule has 1 fully saturated rings. The maximum Gasteiger partial charge on any atom is 0.269 e. The fourth-order valence-corrected chi connectivity index (χ4v) is 6.88. The maximum absolute atomic E-state index is 14.7. The smallest absolute Gasteiger partial charge is 0.269 e. The van der Waals surface area contributed by atoms with E-state index in [4.69, 9.17) is 0 Å². The molecular formula is C33H22FN3O5. The Morgan fingerprint density at radius 1 is 0.857 bits per heavy atom. The number of anilines is 1. The van der Waals surface area contributed by atoms with Crippen LogP contribution in [0.1, 0.15) is 43.4 Å². The molecule has 206 valence electrons. The molecule has 0 aromatic heterocycles. The van der Waals surface area contributed by atoms with Gasteiger partial charge in [0.05, 0.1) is 16.9 Å². The third kappa shape index (κ3) is 3.49. The van der Waals surface area contributed by atoms with Crippen molar-refractivity contribution in [1.29, 1.82) is 0 Å². The summed E-state index contributed by atoms with van der Waals surface area (Å²) in [6.07, 6.45) is 3.60. The lowest BCUT2D eigenvalue weighted by atomic mass is 9.62. The number of benzene rings is 4. The molecule has 42 heavy (non-hydrogen) atoms. The highest BCUT2D eigenvalue weighted by atomic mass is 19.1. The summed E-state index contributed by atoms with van der Waals surface area (Å²) >= 11 is 0. The summed E-state index contributed by atoms with van der Waals surface area (Å²) < 4.78 is 13.8. The van der Waals surface area contributed by atoms with Crippen molar-refractivity contribution in [2.75, 3.05) is 5.32 Å². The van der Waals surface area contributed by atoms with Gasteiger partial charge < -0.3 is 10.2 Å². The van der Waals surface area contributed by atoms with Crippen molar-refractivity contribution in [3.05, 3.63) is 147 Å². The molecule has 0 aliphatic carbocycles. The largest absolute Gasteiger partial charge is 0.358 e. The van der Waals surface area contributed by atoms with Crippen LogP contribution in [0.5, 0.6) is 0 Å². The zero-order valence-corrected chi connectivity index (χ0v) is 21.9. The third-order valence-corrected chi connectivity index (χ3v) is 8.61. The van der Waals surface area contributed by atoms with Crippen LogP contribution in [0.4, 0.5) is 15.8 Å². The number of hydrogen-bond acceptors (Lipinski definition) is 6. The minimum atomic E-state index is -1.53. The second-order valence-corrected chi connectivity index (χ2v) is 10.6. The molecule has 9 heteroatoms. The van der Waals surface area contributed by atoms with Gasteiger partial charge in [-0.1, -0.05) is 42.5 Å². The number of nitro benzene ring substituents is 1. The second kappa shape index (κ2) is 9.31. The van der Waals surface area contributed by atoms with Crippen molar-refractivity contribution in [3.8, 4) is 0 Å². The minimum absolute atomic E-state index is 0.135. The van der Waals surface area contributed by atoms with Crippen LogP contribution in [0.2, 0.25) is 0 Å². The van der Waals surface area contributed by atoms with Gasteiger partial charge in [-0.25, -0.2) is 4.39 Å². The molecule has 3 aliphatic heterocycles. The van der Waals surface area contributed by atoms with Crippen molar-refractivity contribution in [2.45, 2.75) is 17.5 Å². The Bertz CT molecular complexity index is 1840. The van der Waals surface area contributed by atoms with E-state index in [-0.39, 0.29) is 16.8 Å². The number of nitrogens with one attached hydrogen (secondary N) is 1. The topological polar surface area (TPSA) is 110 Å². The molecule has 1 amide bonds. The molecule has 4 atom stereocenters. The van der Waals surface area contributed by atoms with Crippen LogP contribution in [0.25, 0.3) is 6.08 Å². The van der Waals surface area contributed by atoms with Crippen molar-refractivity contribution < 1.29 is 23.7 Å². The van der Waals surface area contributed by atoms with E-state index in [0.717, 1.165) is 11.1 Å². The molecule has 1 saturated heterocycles. The van der Waals surface area contributed by atoms with Gasteiger partial charge >= 0.3 is 0 Å². The molecule has 1 N–H and O–H groups in total. The number of halogens is 1. The zero-order chi connectivity index (χ0) is 29.2. The van der Waals surface area contributed by atoms with Crippen LogP contribution in [0, 0.1) is 21.8 Å². The Hall–Kier alpha value is -5.44.